The summed E-state index contributed by atoms with van der Waals surface area (Å²) < 4.78 is 10.5. The zero-order valence-corrected chi connectivity index (χ0v) is 18.3. The minimum absolute atomic E-state index is 0.194. The molecule has 4 aromatic rings. The van der Waals surface area contributed by atoms with E-state index in [4.69, 9.17) is 9.72 Å². The van der Waals surface area contributed by atoms with Crippen LogP contribution in [-0.4, -0.2) is 44.2 Å². The number of hydrogen-bond acceptors (Lipinski definition) is 6. The second kappa shape index (κ2) is 7.26. The van der Waals surface area contributed by atoms with Crippen molar-refractivity contribution in [2.45, 2.75) is 38.8 Å². The monoisotopic (exact) mass is 416 g/mol. The van der Waals surface area contributed by atoms with E-state index >= 15 is 0 Å². The van der Waals surface area contributed by atoms with Crippen LogP contribution in [0.1, 0.15) is 10.7 Å². The Bertz CT molecular complexity index is 1180. The summed E-state index contributed by atoms with van der Waals surface area (Å²) in [6, 6.07) is 3.14. The first-order chi connectivity index (χ1) is 13.3. The van der Waals surface area contributed by atoms with Gasteiger partial charge in [0.15, 0.2) is 5.65 Å². The molecule has 0 bridgehead atoms. The number of rotatable bonds is 7. The lowest BCUT2D eigenvalue weighted by atomic mass is 10.3. The van der Waals surface area contributed by atoms with Crippen LogP contribution in [0.15, 0.2) is 23.3 Å². The Morgan fingerprint density at radius 1 is 1.32 bits per heavy atom. The van der Waals surface area contributed by atoms with Gasteiger partial charge in [0, 0.05) is 45.4 Å². The molecule has 0 spiro atoms. The average Bonchev–Trinajstić information content (AvgIpc) is 3.30. The molecular weight excluding hydrogens is 392 g/mol. The molecule has 0 fully saturated rings. The number of aromatic amines is 1. The fourth-order valence-corrected chi connectivity index (χ4v) is 5.02. The highest BCUT2D eigenvalue weighted by Crippen LogP contribution is 2.31. The minimum Gasteiger partial charge on any atom is -0.360 e. The molecule has 0 saturated heterocycles. The van der Waals surface area contributed by atoms with E-state index in [-0.39, 0.29) is 5.56 Å². The molecule has 0 unspecified atom stereocenters. The van der Waals surface area contributed by atoms with E-state index in [1.54, 1.807) is 23.7 Å². The van der Waals surface area contributed by atoms with E-state index < -0.39 is 8.07 Å². The van der Waals surface area contributed by atoms with Crippen molar-refractivity contribution < 1.29 is 4.74 Å². The number of fused-ring (bicyclic) bond motifs is 3. The van der Waals surface area contributed by atoms with Crippen molar-refractivity contribution in [2.75, 3.05) is 6.61 Å². The van der Waals surface area contributed by atoms with Gasteiger partial charge in [0.1, 0.15) is 17.3 Å². The number of H-pyrrole nitrogens is 1. The number of hydrogen-bond donors (Lipinski definition) is 1. The van der Waals surface area contributed by atoms with Crippen molar-refractivity contribution in [3.05, 3.63) is 39.5 Å². The molecule has 10 heteroatoms. The summed E-state index contributed by atoms with van der Waals surface area (Å²) in [6.45, 7) is 8.26. The molecule has 4 aromatic heterocycles. The third-order valence-corrected chi connectivity index (χ3v) is 7.51. The Morgan fingerprint density at radius 2 is 2.14 bits per heavy atom. The largest absolute Gasteiger partial charge is 0.360 e. The molecule has 0 saturated carbocycles. The van der Waals surface area contributed by atoms with Gasteiger partial charge in [0.25, 0.3) is 5.56 Å². The summed E-state index contributed by atoms with van der Waals surface area (Å²) in [5.41, 5.74) is 2.29. The van der Waals surface area contributed by atoms with Crippen LogP contribution >= 0.6 is 11.3 Å². The fraction of sp³-hybridized carbons (Fsp3) is 0.444. The molecule has 8 nitrogen and oxygen atoms in total. The van der Waals surface area contributed by atoms with Gasteiger partial charge in [0.2, 0.25) is 0 Å². The van der Waals surface area contributed by atoms with Crippen LogP contribution in [0.3, 0.4) is 0 Å². The van der Waals surface area contributed by atoms with E-state index in [0.29, 0.717) is 18.7 Å². The maximum Gasteiger partial charge on any atom is 0.288 e. The molecule has 0 aliphatic rings. The van der Waals surface area contributed by atoms with Gasteiger partial charge in [-0.05, 0) is 12.1 Å². The van der Waals surface area contributed by atoms with Crippen molar-refractivity contribution in [3.8, 4) is 0 Å². The summed E-state index contributed by atoms with van der Waals surface area (Å²) in [6.07, 6.45) is 4.16. The van der Waals surface area contributed by atoms with Crippen LogP contribution in [0.25, 0.3) is 21.3 Å². The summed E-state index contributed by atoms with van der Waals surface area (Å²) in [7, 11) is 0.769. The van der Waals surface area contributed by atoms with Gasteiger partial charge < -0.3 is 9.30 Å². The lowest BCUT2D eigenvalue weighted by molar-refractivity contribution is 0.0767. The Kier molecular flexibility index (Phi) is 4.94. The van der Waals surface area contributed by atoms with Gasteiger partial charge >= 0.3 is 0 Å². The summed E-state index contributed by atoms with van der Waals surface area (Å²) in [5.74, 6) is 0. The number of thiazole rings is 1. The quantitative estimate of drug-likeness (QED) is 0.369. The normalized spacial score (nSPS) is 12.4. The highest BCUT2D eigenvalue weighted by molar-refractivity contribution is 7.19. The number of ether oxygens (including phenoxy) is 1. The Morgan fingerprint density at radius 3 is 2.93 bits per heavy atom. The minimum atomic E-state index is -1.09. The molecule has 0 aromatic carbocycles. The highest BCUT2D eigenvalue weighted by Gasteiger charge is 2.17. The molecule has 4 rings (SSSR count). The average molecular weight is 417 g/mol. The maximum atomic E-state index is 12.1. The van der Waals surface area contributed by atoms with Crippen LogP contribution in [0.5, 0.6) is 0 Å². The third kappa shape index (κ3) is 3.67. The Labute approximate surface area is 167 Å². The molecular formula is C18H24N6O2SSi. The molecule has 0 aliphatic carbocycles. The Hall–Kier alpha value is -2.30. The predicted octanol–water partition coefficient (Wildman–Crippen LogP) is 2.97. The van der Waals surface area contributed by atoms with E-state index in [9.17, 15) is 4.79 Å². The topological polar surface area (TPSA) is 90.6 Å². The number of aromatic nitrogens is 6. The van der Waals surface area contributed by atoms with Gasteiger partial charge in [-0.3, -0.25) is 4.79 Å². The molecule has 1 N–H and O–H groups in total. The second-order valence-electron chi connectivity index (χ2n) is 8.13. The van der Waals surface area contributed by atoms with Crippen molar-refractivity contribution in [1.82, 2.24) is 29.5 Å². The third-order valence-electron chi connectivity index (χ3n) is 4.73. The van der Waals surface area contributed by atoms with Crippen LogP contribution in [0, 0.1) is 0 Å². The van der Waals surface area contributed by atoms with Crippen molar-refractivity contribution in [2.24, 2.45) is 7.05 Å². The molecule has 148 valence electrons. The standard InChI is InChI=1S/C18H24N6O2SSi/c1-23-15-13(10-19-22-18(15)25)16-17(23)21-14(27-16)9-12-5-6-20-24(12)11-26-7-8-28(2,3)4/h5-6,10H,7-9,11H2,1-4H3,(H,22,25). The molecule has 0 atom stereocenters. The maximum absolute atomic E-state index is 12.1. The van der Waals surface area contributed by atoms with Crippen LogP contribution in [0.4, 0.5) is 0 Å². The summed E-state index contributed by atoms with van der Waals surface area (Å²) in [5, 5.41) is 12.6. The molecule has 28 heavy (non-hydrogen) atoms. The zero-order chi connectivity index (χ0) is 19.9. The first-order valence-corrected chi connectivity index (χ1v) is 13.8. The molecule has 0 amide bonds. The fourth-order valence-electron chi connectivity index (χ4n) is 3.14. The van der Waals surface area contributed by atoms with Crippen molar-refractivity contribution in [3.63, 3.8) is 0 Å². The molecule has 0 radical (unpaired) electrons. The summed E-state index contributed by atoms with van der Waals surface area (Å²) in [4.78, 5) is 16.8. The van der Waals surface area contributed by atoms with Crippen LogP contribution in [0.2, 0.25) is 25.7 Å². The highest BCUT2D eigenvalue weighted by atomic mass is 32.1. The van der Waals surface area contributed by atoms with Crippen molar-refractivity contribution >= 4 is 40.7 Å². The number of aryl methyl sites for hydroxylation is 1. The van der Waals surface area contributed by atoms with Gasteiger partial charge in [-0.1, -0.05) is 19.6 Å². The first kappa shape index (κ1) is 19.0. The van der Waals surface area contributed by atoms with E-state index in [1.165, 1.54) is 0 Å². The predicted molar refractivity (Wildman–Crippen MR) is 114 cm³/mol. The van der Waals surface area contributed by atoms with Gasteiger partial charge in [-0.25, -0.2) is 14.8 Å². The smallest absolute Gasteiger partial charge is 0.288 e. The van der Waals surface area contributed by atoms with E-state index in [2.05, 4.69) is 34.9 Å². The number of nitrogens with one attached hydrogen (secondary N) is 1. The van der Waals surface area contributed by atoms with Gasteiger partial charge in [0.05, 0.1) is 10.9 Å². The van der Waals surface area contributed by atoms with E-state index in [1.807, 2.05) is 22.4 Å². The molecule has 0 aliphatic heterocycles. The molecule has 4 heterocycles. The first-order valence-electron chi connectivity index (χ1n) is 9.23. The van der Waals surface area contributed by atoms with Crippen LogP contribution < -0.4 is 5.56 Å². The lowest BCUT2D eigenvalue weighted by Crippen LogP contribution is -2.22. The van der Waals surface area contributed by atoms with Crippen LogP contribution in [-0.2, 0) is 24.9 Å². The summed E-state index contributed by atoms with van der Waals surface area (Å²) >= 11 is 1.59. The zero-order valence-electron chi connectivity index (χ0n) is 16.5. The second-order valence-corrected chi connectivity index (χ2v) is 14.8. The lowest BCUT2D eigenvalue weighted by Gasteiger charge is -2.15. The SMILES string of the molecule is Cn1c2nc(Cc3ccnn3COCC[Si](C)(C)C)sc2c2cn[nH]c(=O)c21. The number of nitrogens with zero attached hydrogens (tertiary/aromatic N) is 5. The van der Waals surface area contributed by atoms with Crippen molar-refractivity contribution in [1.29, 1.82) is 0 Å². The van der Waals surface area contributed by atoms with Gasteiger partial charge in [-0.2, -0.15) is 10.2 Å². The van der Waals surface area contributed by atoms with Gasteiger partial charge in [-0.15, -0.1) is 11.3 Å². The Balaban J connectivity index is 1.53. The van der Waals surface area contributed by atoms with E-state index in [0.717, 1.165) is 39.1 Å².